The minimum absolute atomic E-state index is 0.318. The summed E-state index contributed by atoms with van der Waals surface area (Å²) in [4.78, 5) is 10.9. The van der Waals surface area contributed by atoms with E-state index < -0.39 is 22.1 Å². The Balaban J connectivity index is 2.00. The lowest BCUT2D eigenvalue weighted by atomic mass is 9.99. The zero-order valence-corrected chi connectivity index (χ0v) is 12.3. The molecule has 2 heterocycles. The van der Waals surface area contributed by atoms with Crippen molar-refractivity contribution in [3.63, 3.8) is 0 Å². The number of carboxylic acid groups (broad SMARTS) is 1. The van der Waals surface area contributed by atoms with E-state index in [1.54, 1.807) is 4.31 Å². The molecule has 0 saturated carbocycles. The molecule has 110 valence electrons. The maximum absolute atomic E-state index is 12.5. The Morgan fingerprint density at radius 3 is 1.95 bits per heavy atom. The highest BCUT2D eigenvalue weighted by Crippen LogP contribution is 2.28. The number of hydrogen-bond donors (Lipinski definition) is 1. The SMILES string of the molecule is CC1CN(S(=O)(=O)N2CCC(C(=O)O)CC2)CC1C. The molecule has 0 aromatic heterocycles. The van der Waals surface area contributed by atoms with Crippen molar-refractivity contribution < 1.29 is 18.3 Å². The van der Waals surface area contributed by atoms with E-state index in [1.807, 2.05) is 0 Å². The molecular formula is C12H22N2O4S. The van der Waals surface area contributed by atoms with Gasteiger partial charge in [0.1, 0.15) is 0 Å². The summed E-state index contributed by atoms with van der Waals surface area (Å²) < 4.78 is 27.9. The first kappa shape index (κ1) is 14.7. The lowest BCUT2D eigenvalue weighted by molar-refractivity contribution is -0.142. The van der Waals surface area contributed by atoms with Crippen LogP contribution >= 0.6 is 0 Å². The van der Waals surface area contributed by atoms with E-state index in [0.717, 1.165) is 0 Å². The molecule has 0 aromatic rings. The van der Waals surface area contributed by atoms with Crippen LogP contribution in [-0.2, 0) is 15.0 Å². The van der Waals surface area contributed by atoms with Crippen molar-refractivity contribution in [3.8, 4) is 0 Å². The number of carboxylic acids is 1. The van der Waals surface area contributed by atoms with Crippen molar-refractivity contribution in [1.82, 2.24) is 8.61 Å². The zero-order valence-electron chi connectivity index (χ0n) is 11.4. The van der Waals surface area contributed by atoms with Crippen LogP contribution in [-0.4, -0.2) is 54.3 Å². The molecule has 2 aliphatic rings. The van der Waals surface area contributed by atoms with Crippen molar-refractivity contribution in [2.75, 3.05) is 26.2 Å². The molecular weight excluding hydrogens is 268 g/mol. The zero-order chi connectivity index (χ0) is 14.2. The Morgan fingerprint density at radius 1 is 1.05 bits per heavy atom. The lowest BCUT2D eigenvalue weighted by Gasteiger charge is -2.32. The maximum atomic E-state index is 12.5. The van der Waals surface area contributed by atoms with Crippen LogP contribution in [0.15, 0.2) is 0 Å². The maximum Gasteiger partial charge on any atom is 0.306 e. The Bertz CT molecular complexity index is 433. The normalized spacial score (nSPS) is 31.7. The molecule has 2 atom stereocenters. The number of piperidine rings is 1. The second-order valence-corrected chi connectivity index (χ2v) is 7.72. The van der Waals surface area contributed by atoms with Gasteiger partial charge in [-0.2, -0.15) is 17.0 Å². The Hall–Kier alpha value is -0.660. The molecule has 1 N–H and O–H groups in total. The number of hydrogen-bond acceptors (Lipinski definition) is 3. The summed E-state index contributed by atoms with van der Waals surface area (Å²) in [5, 5.41) is 8.93. The average molecular weight is 290 g/mol. The first-order chi connectivity index (χ1) is 8.82. The fourth-order valence-corrected chi connectivity index (χ4v) is 4.61. The Kier molecular flexibility index (Phi) is 4.17. The molecule has 2 fully saturated rings. The largest absolute Gasteiger partial charge is 0.481 e. The predicted molar refractivity (Wildman–Crippen MR) is 70.8 cm³/mol. The van der Waals surface area contributed by atoms with Crippen molar-refractivity contribution in [1.29, 1.82) is 0 Å². The second kappa shape index (κ2) is 5.38. The fourth-order valence-electron chi connectivity index (χ4n) is 2.76. The van der Waals surface area contributed by atoms with Gasteiger partial charge in [0.15, 0.2) is 0 Å². The summed E-state index contributed by atoms with van der Waals surface area (Å²) in [5.74, 6) is -0.457. The van der Waals surface area contributed by atoms with Crippen molar-refractivity contribution >= 4 is 16.2 Å². The van der Waals surface area contributed by atoms with Crippen molar-refractivity contribution in [2.45, 2.75) is 26.7 Å². The van der Waals surface area contributed by atoms with E-state index in [4.69, 9.17) is 5.11 Å². The van der Waals surface area contributed by atoms with E-state index in [9.17, 15) is 13.2 Å². The molecule has 2 aliphatic heterocycles. The quantitative estimate of drug-likeness (QED) is 0.826. The minimum Gasteiger partial charge on any atom is -0.481 e. The van der Waals surface area contributed by atoms with Gasteiger partial charge in [0.2, 0.25) is 0 Å². The summed E-state index contributed by atoms with van der Waals surface area (Å²) >= 11 is 0. The molecule has 0 aromatic carbocycles. The molecule has 2 saturated heterocycles. The lowest BCUT2D eigenvalue weighted by Crippen LogP contribution is -2.47. The van der Waals surface area contributed by atoms with Crippen molar-refractivity contribution in [2.24, 2.45) is 17.8 Å². The summed E-state index contributed by atoms with van der Waals surface area (Å²) in [6, 6.07) is 0. The van der Waals surface area contributed by atoms with Crippen LogP contribution in [0, 0.1) is 17.8 Å². The van der Waals surface area contributed by atoms with Gasteiger partial charge in [0, 0.05) is 26.2 Å². The van der Waals surface area contributed by atoms with E-state index in [2.05, 4.69) is 13.8 Å². The summed E-state index contributed by atoms with van der Waals surface area (Å²) in [6.07, 6.45) is 0.820. The molecule has 0 amide bonds. The third kappa shape index (κ3) is 2.93. The number of nitrogens with zero attached hydrogens (tertiary/aromatic N) is 2. The average Bonchev–Trinajstić information content (AvgIpc) is 2.70. The van der Waals surface area contributed by atoms with Crippen LogP contribution in [0.1, 0.15) is 26.7 Å². The molecule has 0 radical (unpaired) electrons. The second-order valence-electron chi connectivity index (χ2n) is 5.79. The molecule has 0 spiro atoms. The van der Waals surface area contributed by atoms with E-state index in [0.29, 0.717) is 50.9 Å². The topological polar surface area (TPSA) is 77.9 Å². The molecule has 0 aliphatic carbocycles. The smallest absolute Gasteiger partial charge is 0.306 e. The summed E-state index contributed by atoms with van der Waals surface area (Å²) in [7, 11) is -3.40. The van der Waals surface area contributed by atoms with Gasteiger partial charge in [-0.05, 0) is 24.7 Å². The highest BCUT2D eigenvalue weighted by atomic mass is 32.2. The van der Waals surface area contributed by atoms with E-state index in [-0.39, 0.29) is 0 Å². The van der Waals surface area contributed by atoms with Gasteiger partial charge in [-0.3, -0.25) is 4.79 Å². The van der Waals surface area contributed by atoms with Gasteiger partial charge in [-0.15, -0.1) is 0 Å². The van der Waals surface area contributed by atoms with Crippen LogP contribution in [0.5, 0.6) is 0 Å². The molecule has 0 bridgehead atoms. The molecule has 7 heteroatoms. The highest BCUT2D eigenvalue weighted by Gasteiger charge is 2.39. The standard InChI is InChI=1S/C12H22N2O4S/c1-9-7-14(8-10(9)2)19(17,18)13-5-3-11(4-6-13)12(15)16/h9-11H,3-8H2,1-2H3,(H,15,16). The fraction of sp³-hybridized carbons (Fsp3) is 0.917. The number of aliphatic carboxylic acids is 1. The number of carbonyl (C=O) groups is 1. The highest BCUT2D eigenvalue weighted by molar-refractivity contribution is 7.86. The van der Waals surface area contributed by atoms with Gasteiger partial charge in [-0.25, -0.2) is 0 Å². The molecule has 2 rings (SSSR count). The van der Waals surface area contributed by atoms with Gasteiger partial charge in [0.25, 0.3) is 10.2 Å². The van der Waals surface area contributed by atoms with Crippen LogP contribution in [0.25, 0.3) is 0 Å². The third-order valence-corrected chi connectivity index (χ3v) is 6.38. The van der Waals surface area contributed by atoms with Crippen LogP contribution in [0.3, 0.4) is 0 Å². The first-order valence-corrected chi connectivity index (χ1v) is 8.20. The van der Waals surface area contributed by atoms with E-state index >= 15 is 0 Å². The summed E-state index contributed by atoms with van der Waals surface area (Å²) in [5.41, 5.74) is 0. The Labute approximate surface area is 114 Å². The number of rotatable bonds is 3. The van der Waals surface area contributed by atoms with Crippen LogP contribution in [0.4, 0.5) is 0 Å². The van der Waals surface area contributed by atoms with Gasteiger partial charge >= 0.3 is 5.97 Å². The van der Waals surface area contributed by atoms with Gasteiger partial charge in [0.05, 0.1) is 5.92 Å². The molecule has 6 nitrogen and oxygen atoms in total. The Morgan fingerprint density at radius 2 is 1.53 bits per heavy atom. The summed E-state index contributed by atoms with van der Waals surface area (Å²) in [6.45, 7) is 5.91. The van der Waals surface area contributed by atoms with E-state index in [1.165, 1.54) is 4.31 Å². The monoisotopic (exact) mass is 290 g/mol. The molecule has 19 heavy (non-hydrogen) atoms. The first-order valence-electron chi connectivity index (χ1n) is 6.80. The van der Waals surface area contributed by atoms with Crippen molar-refractivity contribution in [3.05, 3.63) is 0 Å². The van der Waals surface area contributed by atoms with Gasteiger partial charge < -0.3 is 5.11 Å². The molecule has 2 unspecified atom stereocenters. The minimum atomic E-state index is -3.40. The third-order valence-electron chi connectivity index (χ3n) is 4.41. The van der Waals surface area contributed by atoms with Crippen LogP contribution < -0.4 is 0 Å². The predicted octanol–water partition coefficient (Wildman–Crippen LogP) is 0.616. The van der Waals surface area contributed by atoms with Crippen LogP contribution in [0.2, 0.25) is 0 Å². The van der Waals surface area contributed by atoms with Gasteiger partial charge in [-0.1, -0.05) is 13.8 Å².